The summed E-state index contributed by atoms with van der Waals surface area (Å²) in [5, 5.41) is 5.21. The maximum atomic E-state index is 6.02. The largest absolute Gasteiger partial charge is 0.456 e. The van der Waals surface area contributed by atoms with Crippen molar-refractivity contribution in [1.82, 2.24) is 0 Å². The molecule has 0 atom stereocenters. The summed E-state index contributed by atoms with van der Waals surface area (Å²) in [4.78, 5) is 0. The van der Waals surface area contributed by atoms with Crippen molar-refractivity contribution in [3.05, 3.63) is 53.1 Å². The smallest absolute Gasteiger partial charge is 0.135 e. The minimum atomic E-state index is 0.736. The molecule has 100 valence electrons. The Kier molecular flexibility index (Phi) is 2.71. The van der Waals surface area contributed by atoms with E-state index in [4.69, 9.17) is 16.0 Å². The van der Waals surface area contributed by atoms with Gasteiger partial charge in [0.05, 0.1) is 0 Å². The van der Waals surface area contributed by atoms with Crippen LogP contribution in [0.4, 0.5) is 5.69 Å². The van der Waals surface area contributed by atoms with Crippen LogP contribution in [-0.4, -0.2) is 6.54 Å². The molecule has 1 aliphatic rings. The zero-order valence-corrected chi connectivity index (χ0v) is 11.7. The molecule has 1 N–H and O–H groups in total. The number of nitrogens with one attached hydrogen (secondary N) is 1. The van der Waals surface area contributed by atoms with Crippen molar-refractivity contribution in [1.29, 1.82) is 0 Å². The van der Waals surface area contributed by atoms with Crippen LogP contribution in [0.15, 0.2) is 46.9 Å². The fourth-order valence-corrected chi connectivity index (χ4v) is 2.97. The van der Waals surface area contributed by atoms with Crippen molar-refractivity contribution in [3.63, 3.8) is 0 Å². The van der Waals surface area contributed by atoms with Crippen molar-refractivity contribution in [2.75, 3.05) is 11.9 Å². The maximum Gasteiger partial charge on any atom is 0.135 e. The lowest BCUT2D eigenvalue weighted by Gasteiger charge is -2.18. The Hall–Kier alpha value is -1.93. The summed E-state index contributed by atoms with van der Waals surface area (Å²) in [5.74, 6) is 0.899. The highest BCUT2D eigenvalue weighted by Gasteiger charge is 2.12. The van der Waals surface area contributed by atoms with Crippen molar-refractivity contribution in [2.45, 2.75) is 12.8 Å². The number of hydrogen-bond acceptors (Lipinski definition) is 2. The van der Waals surface area contributed by atoms with Crippen LogP contribution >= 0.6 is 11.6 Å². The Morgan fingerprint density at radius 2 is 2.00 bits per heavy atom. The van der Waals surface area contributed by atoms with Gasteiger partial charge in [-0.25, -0.2) is 0 Å². The van der Waals surface area contributed by atoms with Gasteiger partial charge in [0.15, 0.2) is 0 Å². The van der Waals surface area contributed by atoms with Gasteiger partial charge in [0.1, 0.15) is 11.3 Å². The van der Waals surface area contributed by atoms with Crippen LogP contribution in [0.25, 0.3) is 22.3 Å². The van der Waals surface area contributed by atoms with Gasteiger partial charge in [-0.15, -0.1) is 0 Å². The third-order valence-corrected chi connectivity index (χ3v) is 4.04. The lowest BCUT2D eigenvalue weighted by Crippen LogP contribution is -2.11. The number of furan rings is 1. The second-order valence-corrected chi connectivity index (χ2v) is 5.63. The molecule has 0 radical (unpaired) electrons. The van der Waals surface area contributed by atoms with E-state index in [1.165, 1.54) is 17.7 Å². The van der Waals surface area contributed by atoms with Crippen molar-refractivity contribution >= 4 is 28.3 Å². The molecule has 4 rings (SSSR count). The molecule has 3 heteroatoms. The molecular formula is C17H14ClNO. The van der Waals surface area contributed by atoms with Crippen LogP contribution in [0.3, 0.4) is 0 Å². The molecule has 0 saturated heterocycles. The SMILES string of the molecule is Clc1ccc2oc(-c3ccc4c(c3)CCCN4)cc2c1. The minimum absolute atomic E-state index is 0.736. The van der Waals surface area contributed by atoms with Gasteiger partial charge in [0.2, 0.25) is 0 Å². The van der Waals surface area contributed by atoms with Crippen LogP contribution in [0.1, 0.15) is 12.0 Å². The van der Waals surface area contributed by atoms with E-state index < -0.39 is 0 Å². The molecule has 2 aromatic carbocycles. The summed E-state index contributed by atoms with van der Waals surface area (Å²) in [6.07, 6.45) is 2.31. The van der Waals surface area contributed by atoms with E-state index >= 15 is 0 Å². The fraction of sp³-hybridized carbons (Fsp3) is 0.176. The van der Waals surface area contributed by atoms with Crippen LogP contribution in [0, 0.1) is 0 Å². The van der Waals surface area contributed by atoms with Crippen molar-refractivity contribution in [2.24, 2.45) is 0 Å². The highest BCUT2D eigenvalue weighted by molar-refractivity contribution is 6.31. The van der Waals surface area contributed by atoms with Crippen LogP contribution in [-0.2, 0) is 6.42 Å². The average Bonchev–Trinajstić information content (AvgIpc) is 2.89. The number of halogens is 1. The Balaban J connectivity index is 1.82. The van der Waals surface area contributed by atoms with E-state index in [1.54, 1.807) is 0 Å². The van der Waals surface area contributed by atoms with Crippen molar-refractivity contribution in [3.8, 4) is 11.3 Å². The Morgan fingerprint density at radius 1 is 1.05 bits per heavy atom. The molecule has 1 aromatic heterocycles. The molecular weight excluding hydrogens is 270 g/mol. The van der Waals surface area contributed by atoms with Gasteiger partial charge < -0.3 is 9.73 Å². The first-order chi connectivity index (χ1) is 9.79. The third-order valence-electron chi connectivity index (χ3n) is 3.81. The first-order valence-corrected chi connectivity index (χ1v) is 7.24. The molecule has 0 fully saturated rings. The molecule has 1 aliphatic heterocycles. The van der Waals surface area contributed by atoms with Crippen molar-refractivity contribution < 1.29 is 4.42 Å². The molecule has 0 amide bonds. The molecule has 0 saturated carbocycles. The second kappa shape index (κ2) is 4.57. The van der Waals surface area contributed by atoms with Gasteiger partial charge in [0, 0.05) is 28.2 Å². The first-order valence-electron chi connectivity index (χ1n) is 6.86. The number of hydrogen-bond donors (Lipinski definition) is 1. The molecule has 0 spiro atoms. The summed E-state index contributed by atoms with van der Waals surface area (Å²) in [6.45, 7) is 1.06. The van der Waals surface area contributed by atoms with E-state index in [2.05, 4.69) is 29.6 Å². The number of aryl methyl sites for hydroxylation is 1. The van der Waals surface area contributed by atoms with E-state index in [0.717, 1.165) is 40.3 Å². The number of benzene rings is 2. The quantitative estimate of drug-likeness (QED) is 0.671. The average molecular weight is 284 g/mol. The van der Waals surface area contributed by atoms with E-state index in [9.17, 15) is 0 Å². The van der Waals surface area contributed by atoms with E-state index in [-0.39, 0.29) is 0 Å². The second-order valence-electron chi connectivity index (χ2n) is 5.20. The Labute approximate surface area is 122 Å². The molecule has 0 bridgehead atoms. The highest BCUT2D eigenvalue weighted by Crippen LogP contribution is 2.32. The first kappa shape index (κ1) is 11.9. The molecule has 2 heterocycles. The van der Waals surface area contributed by atoms with E-state index in [0.29, 0.717) is 0 Å². The summed E-state index contributed by atoms with van der Waals surface area (Å²) in [6, 6.07) is 14.2. The normalized spacial score (nSPS) is 14.1. The minimum Gasteiger partial charge on any atom is -0.456 e. The Bertz CT molecular complexity index is 791. The maximum absolute atomic E-state index is 6.02. The lowest BCUT2D eigenvalue weighted by molar-refractivity contribution is 0.631. The Morgan fingerprint density at radius 3 is 2.95 bits per heavy atom. The number of fused-ring (bicyclic) bond motifs is 2. The van der Waals surface area contributed by atoms with E-state index in [1.807, 2.05) is 18.2 Å². The van der Waals surface area contributed by atoms with Gasteiger partial charge in [-0.2, -0.15) is 0 Å². The van der Waals surface area contributed by atoms with Crippen LogP contribution in [0.5, 0.6) is 0 Å². The zero-order valence-electron chi connectivity index (χ0n) is 10.9. The van der Waals surface area contributed by atoms with Gasteiger partial charge >= 0.3 is 0 Å². The summed E-state index contributed by atoms with van der Waals surface area (Å²) >= 11 is 6.02. The predicted molar refractivity (Wildman–Crippen MR) is 83.5 cm³/mol. The molecule has 0 aliphatic carbocycles. The van der Waals surface area contributed by atoms with Crippen LogP contribution in [0.2, 0.25) is 5.02 Å². The molecule has 20 heavy (non-hydrogen) atoms. The summed E-state index contributed by atoms with van der Waals surface area (Å²) in [5.41, 5.74) is 4.62. The highest BCUT2D eigenvalue weighted by atomic mass is 35.5. The summed E-state index contributed by atoms with van der Waals surface area (Å²) < 4.78 is 5.92. The molecule has 0 unspecified atom stereocenters. The van der Waals surface area contributed by atoms with Gasteiger partial charge in [-0.3, -0.25) is 0 Å². The fourth-order valence-electron chi connectivity index (χ4n) is 2.78. The van der Waals surface area contributed by atoms with Crippen LogP contribution < -0.4 is 5.32 Å². The van der Waals surface area contributed by atoms with Gasteiger partial charge in [-0.1, -0.05) is 11.6 Å². The monoisotopic (exact) mass is 283 g/mol. The lowest BCUT2D eigenvalue weighted by atomic mass is 10.00. The number of rotatable bonds is 1. The predicted octanol–water partition coefficient (Wildman–Crippen LogP) is 5.11. The third kappa shape index (κ3) is 1.97. The zero-order chi connectivity index (χ0) is 13.5. The van der Waals surface area contributed by atoms with Gasteiger partial charge in [-0.05, 0) is 60.9 Å². The topological polar surface area (TPSA) is 25.2 Å². The molecule has 3 aromatic rings. The molecule has 2 nitrogen and oxygen atoms in total. The standard InChI is InChI=1S/C17H14ClNO/c18-14-4-6-16-13(9-14)10-17(20-16)12-3-5-15-11(8-12)2-1-7-19-15/h3-6,8-10,19H,1-2,7H2. The number of anilines is 1. The van der Waals surface area contributed by atoms with Gasteiger partial charge in [0.25, 0.3) is 0 Å². The summed E-state index contributed by atoms with van der Waals surface area (Å²) in [7, 11) is 0.